The first-order valence-corrected chi connectivity index (χ1v) is 9.20. The molecule has 150 valence electrons. The molecule has 0 bridgehead atoms. The Morgan fingerprint density at radius 1 is 1.07 bits per heavy atom. The summed E-state index contributed by atoms with van der Waals surface area (Å²) in [6.45, 7) is 7.70. The SMILES string of the molecule is CCOc1cc(C(=O)NC(C)(C)Cc2ccccc2C)ccc1OCC(=O)O. The van der Waals surface area contributed by atoms with Gasteiger partial charge in [0.15, 0.2) is 18.1 Å². The van der Waals surface area contributed by atoms with Gasteiger partial charge in [-0.3, -0.25) is 4.79 Å². The van der Waals surface area contributed by atoms with Gasteiger partial charge in [0.2, 0.25) is 0 Å². The molecule has 0 unspecified atom stereocenters. The molecule has 0 fully saturated rings. The van der Waals surface area contributed by atoms with Gasteiger partial charge in [-0.15, -0.1) is 0 Å². The summed E-state index contributed by atoms with van der Waals surface area (Å²) in [5, 5.41) is 11.8. The third-order valence-electron chi connectivity index (χ3n) is 4.20. The number of hydrogen-bond donors (Lipinski definition) is 2. The largest absolute Gasteiger partial charge is 0.490 e. The smallest absolute Gasteiger partial charge is 0.341 e. The second-order valence-corrected chi connectivity index (χ2v) is 7.22. The lowest BCUT2D eigenvalue weighted by Gasteiger charge is -2.27. The van der Waals surface area contributed by atoms with Crippen LogP contribution in [0.5, 0.6) is 11.5 Å². The highest BCUT2D eigenvalue weighted by molar-refractivity contribution is 5.95. The van der Waals surface area contributed by atoms with Crippen LogP contribution in [0, 0.1) is 6.92 Å². The lowest BCUT2D eigenvalue weighted by atomic mass is 9.92. The minimum atomic E-state index is -1.08. The number of aryl methyl sites for hydroxylation is 1. The average molecular weight is 385 g/mol. The number of amides is 1. The molecule has 0 spiro atoms. The molecule has 0 heterocycles. The number of benzene rings is 2. The molecule has 2 N–H and O–H groups in total. The molecule has 0 aliphatic carbocycles. The van der Waals surface area contributed by atoms with Gasteiger partial charge >= 0.3 is 5.97 Å². The maximum atomic E-state index is 12.8. The summed E-state index contributed by atoms with van der Waals surface area (Å²) in [5.41, 5.74) is 2.33. The minimum Gasteiger partial charge on any atom is -0.490 e. The molecule has 0 aliphatic heterocycles. The number of carboxylic acids is 1. The van der Waals surface area contributed by atoms with Crippen LogP contribution in [0.2, 0.25) is 0 Å². The molecule has 0 saturated carbocycles. The average Bonchev–Trinajstić information content (AvgIpc) is 2.62. The summed E-state index contributed by atoms with van der Waals surface area (Å²) in [6, 6.07) is 12.8. The van der Waals surface area contributed by atoms with E-state index in [-0.39, 0.29) is 5.91 Å². The van der Waals surface area contributed by atoms with E-state index >= 15 is 0 Å². The van der Waals surface area contributed by atoms with Gasteiger partial charge in [-0.1, -0.05) is 24.3 Å². The van der Waals surface area contributed by atoms with Gasteiger partial charge in [0.05, 0.1) is 6.61 Å². The lowest BCUT2D eigenvalue weighted by molar-refractivity contribution is -0.139. The van der Waals surface area contributed by atoms with E-state index < -0.39 is 18.1 Å². The van der Waals surface area contributed by atoms with Crippen LogP contribution in [-0.2, 0) is 11.2 Å². The van der Waals surface area contributed by atoms with Crippen LogP contribution < -0.4 is 14.8 Å². The van der Waals surface area contributed by atoms with Crippen molar-refractivity contribution in [1.82, 2.24) is 5.32 Å². The number of nitrogens with one attached hydrogen (secondary N) is 1. The van der Waals surface area contributed by atoms with Crippen LogP contribution >= 0.6 is 0 Å². The van der Waals surface area contributed by atoms with Crippen LogP contribution in [0.4, 0.5) is 0 Å². The van der Waals surface area contributed by atoms with Gasteiger partial charge in [-0.25, -0.2) is 4.79 Å². The van der Waals surface area contributed by atoms with E-state index in [4.69, 9.17) is 14.6 Å². The highest BCUT2D eigenvalue weighted by Crippen LogP contribution is 2.29. The van der Waals surface area contributed by atoms with Crippen molar-refractivity contribution in [3.05, 3.63) is 59.2 Å². The lowest BCUT2D eigenvalue weighted by Crippen LogP contribution is -2.45. The Morgan fingerprint density at radius 2 is 1.79 bits per heavy atom. The molecule has 0 radical (unpaired) electrons. The Kier molecular flexibility index (Phi) is 7.04. The summed E-state index contributed by atoms with van der Waals surface area (Å²) >= 11 is 0. The normalized spacial score (nSPS) is 11.0. The second kappa shape index (κ2) is 9.26. The van der Waals surface area contributed by atoms with Crippen molar-refractivity contribution in [2.75, 3.05) is 13.2 Å². The molecule has 2 aromatic rings. The number of hydrogen-bond acceptors (Lipinski definition) is 4. The molecule has 28 heavy (non-hydrogen) atoms. The molecule has 0 aliphatic rings. The monoisotopic (exact) mass is 385 g/mol. The van der Waals surface area contributed by atoms with E-state index in [9.17, 15) is 9.59 Å². The van der Waals surface area contributed by atoms with E-state index in [1.807, 2.05) is 26.0 Å². The van der Waals surface area contributed by atoms with E-state index in [0.717, 1.165) is 0 Å². The first-order valence-electron chi connectivity index (χ1n) is 9.20. The van der Waals surface area contributed by atoms with Crippen molar-refractivity contribution in [1.29, 1.82) is 0 Å². The highest BCUT2D eigenvalue weighted by atomic mass is 16.5. The van der Waals surface area contributed by atoms with Gasteiger partial charge in [-0.2, -0.15) is 0 Å². The van der Waals surface area contributed by atoms with Crippen LogP contribution in [-0.4, -0.2) is 35.7 Å². The van der Waals surface area contributed by atoms with E-state index in [1.165, 1.54) is 11.1 Å². The Bertz CT molecular complexity index is 845. The molecule has 2 aromatic carbocycles. The molecule has 6 nitrogen and oxygen atoms in total. The zero-order valence-corrected chi connectivity index (χ0v) is 16.7. The zero-order valence-electron chi connectivity index (χ0n) is 16.7. The molecule has 6 heteroatoms. The molecular weight excluding hydrogens is 358 g/mol. The fourth-order valence-electron chi connectivity index (χ4n) is 2.88. The van der Waals surface area contributed by atoms with E-state index in [2.05, 4.69) is 24.4 Å². The summed E-state index contributed by atoms with van der Waals surface area (Å²) in [4.78, 5) is 23.5. The van der Waals surface area contributed by atoms with Crippen LogP contribution in [0.25, 0.3) is 0 Å². The second-order valence-electron chi connectivity index (χ2n) is 7.22. The maximum Gasteiger partial charge on any atom is 0.341 e. The number of carboxylic acid groups (broad SMARTS) is 1. The van der Waals surface area contributed by atoms with Crippen LogP contribution in [0.15, 0.2) is 42.5 Å². The summed E-state index contributed by atoms with van der Waals surface area (Å²) < 4.78 is 10.7. The topological polar surface area (TPSA) is 84.9 Å². The Labute approximate surface area is 165 Å². The molecule has 0 aromatic heterocycles. The third-order valence-corrected chi connectivity index (χ3v) is 4.20. The zero-order chi connectivity index (χ0) is 20.7. The van der Waals surface area contributed by atoms with Gasteiger partial charge in [-0.05, 0) is 63.4 Å². The Morgan fingerprint density at radius 3 is 2.43 bits per heavy atom. The quantitative estimate of drug-likeness (QED) is 0.689. The first-order chi connectivity index (χ1) is 13.2. The van der Waals surface area contributed by atoms with Gasteiger partial charge < -0.3 is 19.9 Å². The van der Waals surface area contributed by atoms with Crippen LogP contribution in [0.3, 0.4) is 0 Å². The number of ether oxygens (including phenoxy) is 2. The highest BCUT2D eigenvalue weighted by Gasteiger charge is 2.23. The molecule has 0 saturated heterocycles. The van der Waals surface area contributed by atoms with Crippen molar-refractivity contribution in [3.63, 3.8) is 0 Å². The van der Waals surface area contributed by atoms with Crippen molar-refractivity contribution in [3.8, 4) is 11.5 Å². The molecule has 2 rings (SSSR count). The van der Waals surface area contributed by atoms with E-state index in [0.29, 0.717) is 30.1 Å². The number of rotatable bonds is 9. The van der Waals surface area contributed by atoms with Crippen LogP contribution in [0.1, 0.15) is 42.3 Å². The predicted octanol–water partition coefficient (Wildman–Crippen LogP) is 3.61. The van der Waals surface area contributed by atoms with Crippen molar-refractivity contribution in [2.24, 2.45) is 0 Å². The summed E-state index contributed by atoms with van der Waals surface area (Å²) in [7, 11) is 0. The number of aliphatic carboxylic acids is 1. The fourth-order valence-corrected chi connectivity index (χ4v) is 2.88. The molecular formula is C22H27NO5. The van der Waals surface area contributed by atoms with Gasteiger partial charge in [0, 0.05) is 11.1 Å². The molecule has 0 atom stereocenters. The van der Waals surface area contributed by atoms with Crippen molar-refractivity contribution in [2.45, 2.75) is 39.7 Å². The standard InChI is InChI=1S/C22H27NO5/c1-5-27-19-12-16(10-11-18(19)28-14-20(24)25)21(26)23-22(3,4)13-17-9-7-6-8-15(17)2/h6-12H,5,13-14H2,1-4H3,(H,23,26)(H,24,25). The number of carbonyl (C=O) groups excluding carboxylic acids is 1. The van der Waals surface area contributed by atoms with Gasteiger partial charge in [0.25, 0.3) is 5.91 Å². The summed E-state index contributed by atoms with van der Waals surface area (Å²) in [6.07, 6.45) is 0.698. The number of carbonyl (C=O) groups is 2. The third kappa shape index (κ3) is 6.01. The fraction of sp³-hybridized carbons (Fsp3) is 0.364. The first kappa shape index (κ1) is 21.3. The van der Waals surface area contributed by atoms with E-state index in [1.54, 1.807) is 25.1 Å². The Hall–Kier alpha value is -3.02. The predicted molar refractivity (Wildman–Crippen MR) is 107 cm³/mol. The van der Waals surface area contributed by atoms with Crippen molar-refractivity contribution < 1.29 is 24.2 Å². The molecule has 1 amide bonds. The van der Waals surface area contributed by atoms with Crippen molar-refractivity contribution >= 4 is 11.9 Å². The Balaban J connectivity index is 2.15. The maximum absolute atomic E-state index is 12.8. The minimum absolute atomic E-state index is 0.232. The van der Waals surface area contributed by atoms with Gasteiger partial charge in [0.1, 0.15) is 0 Å². The summed E-state index contributed by atoms with van der Waals surface area (Å²) in [5.74, 6) is -0.681.